The van der Waals surface area contributed by atoms with E-state index in [-0.39, 0.29) is 11.3 Å². The highest BCUT2D eigenvalue weighted by atomic mass is 79.9. The summed E-state index contributed by atoms with van der Waals surface area (Å²) in [6, 6.07) is 5.84. The first-order valence-electron chi connectivity index (χ1n) is 4.31. The number of hydrogen-bond donors (Lipinski definition) is 1. The van der Waals surface area contributed by atoms with Gasteiger partial charge in [0.05, 0.1) is 9.40 Å². The minimum atomic E-state index is -0.877. The fraction of sp³-hybridized carbons (Fsp3) is 0. The van der Waals surface area contributed by atoms with E-state index in [9.17, 15) is 14.9 Å². The van der Waals surface area contributed by atoms with Crippen LogP contribution in [0.2, 0.25) is 0 Å². The maximum absolute atomic E-state index is 10.8. The summed E-state index contributed by atoms with van der Waals surface area (Å²) in [6.45, 7) is 0. The lowest BCUT2D eigenvalue weighted by Gasteiger charge is -1.98. The first-order valence-corrected chi connectivity index (χ1v) is 5.10. The number of halogens is 1. The van der Waals surface area contributed by atoms with Crippen LogP contribution in [0.3, 0.4) is 0 Å². The molecule has 1 aromatic rings. The van der Waals surface area contributed by atoms with Gasteiger partial charge >= 0.3 is 0 Å². The van der Waals surface area contributed by atoms with Gasteiger partial charge in [-0.2, -0.15) is 5.26 Å². The number of carbonyl (C=O) groups excluding carboxylic acids is 1. The molecule has 2 N–H and O–H groups in total. The van der Waals surface area contributed by atoms with E-state index in [0.717, 1.165) is 0 Å². The molecule has 0 aromatic heterocycles. The van der Waals surface area contributed by atoms with Crippen molar-refractivity contribution in [3.8, 4) is 6.07 Å². The number of hydrogen-bond acceptors (Lipinski definition) is 4. The molecule has 1 amide bonds. The third kappa shape index (κ3) is 3.12. The molecule has 17 heavy (non-hydrogen) atoms. The molecule has 0 saturated carbocycles. The van der Waals surface area contributed by atoms with Gasteiger partial charge in [0.15, 0.2) is 0 Å². The zero-order valence-corrected chi connectivity index (χ0v) is 9.97. The van der Waals surface area contributed by atoms with Gasteiger partial charge in [0.25, 0.3) is 11.6 Å². The number of primary amides is 1. The topological polar surface area (TPSA) is 110 Å². The molecule has 0 bridgehead atoms. The normalized spacial score (nSPS) is 10.7. The smallest absolute Gasteiger partial charge is 0.284 e. The van der Waals surface area contributed by atoms with Crippen molar-refractivity contribution < 1.29 is 9.72 Å². The van der Waals surface area contributed by atoms with Gasteiger partial charge in [-0.3, -0.25) is 14.9 Å². The molecule has 1 aromatic carbocycles. The Morgan fingerprint density at radius 1 is 1.59 bits per heavy atom. The third-order valence-electron chi connectivity index (χ3n) is 1.86. The second-order valence-corrected chi connectivity index (χ2v) is 3.86. The Hall–Kier alpha value is -2.20. The molecular formula is C10H6BrN3O3. The van der Waals surface area contributed by atoms with E-state index in [4.69, 9.17) is 11.0 Å². The average molecular weight is 296 g/mol. The lowest BCUT2D eigenvalue weighted by atomic mass is 10.1. The quantitative estimate of drug-likeness (QED) is 0.396. The van der Waals surface area contributed by atoms with Crippen LogP contribution in [0.5, 0.6) is 0 Å². The largest absolute Gasteiger partial charge is 0.365 e. The zero-order chi connectivity index (χ0) is 13.0. The summed E-state index contributed by atoms with van der Waals surface area (Å²) in [5, 5.41) is 19.3. The first kappa shape index (κ1) is 12.9. The molecule has 0 unspecified atom stereocenters. The van der Waals surface area contributed by atoms with E-state index in [1.54, 1.807) is 6.07 Å². The van der Waals surface area contributed by atoms with Crippen LogP contribution in [0.1, 0.15) is 5.56 Å². The fourth-order valence-corrected chi connectivity index (χ4v) is 1.48. The van der Waals surface area contributed by atoms with Crippen LogP contribution in [0.15, 0.2) is 28.2 Å². The number of nitro benzene ring substituents is 1. The highest BCUT2D eigenvalue weighted by Gasteiger charge is 2.12. The SMILES string of the molecule is N#C/C(=C/c1ccc(Br)c([N+](=O)[O-])c1)C(N)=O. The van der Waals surface area contributed by atoms with Gasteiger partial charge in [-0.05, 0) is 33.6 Å². The molecule has 0 spiro atoms. The molecule has 0 atom stereocenters. The molecule has 0 radical (unpaired) electrons. The van der Waals surface area contributed by atoms with Gasteiger partial charge in [-0.15, -0.1) is 0 Å². The number of nitriles is 1. The van der Waals surface area contributed by atoms with Crippen LogP contribution in [-0.4, -0.2) is 10.8 Å². The van der Waals surface area contributed by atoms with Crippen LogP contribution in [-0.2, 0) is 4.79 Å². The summed E-state index contributed by atoms with van der Waals surface area (Å²) in [5.41, 5.74) is 4.89. The third-order valence-corrected chi connectivity index (χ3v) is 2.53. The Labute approximate surface area is 105 Å². The van der Waals surface area contributed by atoms with E-state index < -0.39 is 10.8 Å². The fourth-order valence-electron chi connectivity index (χ4n) is 1.08. The van der Waals surface area contributed by atoms with E-state index in [0.29, 0.717) is 10.0 Å². The monoisotopic (exact) mass is 295 g/mol. The Morgan fingerprint density at radius 2 is 2.24 bits per heavy atom. The van der Waals surface area contributed by atoms with Crippen LogP contribution in [0.4, 0.5) is 5.69 Å². The molecule has 6 nitrogen and oxygen atoms in total. The summed E-state index contributed by atoms with van der Waals surface area (Å²) in [4.78, 5) is 20.9. The van der Waals surface area contributed by atoms with E-state index in [2.05, 4.69) is 15.9 Å². The first-order chi connectivity index (χ1) is 7.95. The molecular weight excluding hydrogens is 290 g/mol. The van der Waals surface area contributed by atoms with Crippen molar-refractivity contribution in [3.05, 3.63) is 43.9 Å². The number of carbonyl (C=O) groups is 1. The molecule has 7 heteroatoms. The predicted octanol–water partition coefficient (Wildman–Crippen LogP) is 1.75. The predicted molar refractivity (Wildman–Crippen MR) is 63.6 cm³/mol. The number of amides is 1. The Kier molecular flexibility index (Phi) is 3.96. The van der Waals surface area contributed by atoms with Crippen LogP contribution in [0, 0.1) is 21.4 Å². The summed E-state index contributed by atoms with van der Waals surface area (Å²) >= 11 is 3.02. The Bertz CT molecular complexity index is 560. The molecule has 0 saturated heterocycles. The van der Waals surface area contributed by atoms with E-state index in [1.165, 1.54) is 24.3 Å². The number of nitrogens with zero attached hydrogens (tertiary/aromatic N) is 2. The molecule has 86 valence electrons. The standard InChI is InChI=1S/C10H6BrN3O3/c11-8-2-1-6(4-9(8)14(16)17)3-7(5-12)10(13)15/h1-4H,(H2,13,15)/b7-3-. The molecule has 0 aliphatic heterocycles. The second kappa shape index (κ2) is 5.23. The van der Waals surface area contributed by atoms with Crippen molar-refractivity contribution in [1.29, 1.82) is 5.26 Å². The second-order valence-electron chi connectivity index (χ2n) is 3.00. The molecule has 0 fully saturated rings. The minimum absolute atomic E-state index is 0.152. The number of rotatable bonds is 3. The van der Waals surface area contributed by atoms with Gasteiger partial charge in [-0.1, -0.05) is 6.07 Å². The van der Waals surface area contributed by atoms with Crippen molar-refractivity contribution in [2.75, 3.05) is 0 Å². The van der Waals surface area contributed by atoms with Crippen LogP contribution < -0.4 is 5.73 Å². The lowest BCUT2D eigenvalue weighted by Crippen LogP contribution is -2.12. The summed E-state index contributed by atoms with van der Waals surface area (Å²) < 4.78 is 0.317. The van der Waals surface area contributed by atoms with Gasteiger partial charge in [0, 0.05) is 6.07 Å². The van der Waals surface area contributed by atoms with E-state index in [1.807, 2.05) is 0 Å². The molecule has 0 aliphatic carbocycles. The van der Waals surface area contributed by atoms with Crippen molar-refractivity contribution in [2.45, 2.75) is 0 Å². The van der Waals surface area contributed by atoms with Crippen molar-refractivity contribution in [1.82, 2.24) is 0 Å². The summed E-state index contributed by atoms with van der Waals surface area (Å²) in [5.74, 6) is -0.877. The minimum Gasteiger partial charge on any atom is -0.365 e. The van der Waals surface area contributed by atoms with Gasteiger partial charge < -0.3 is 5.73 Å². The maximum atomic E-state index is 10.8. The molecule has 0 aliphatic rings. The maximum Gasteiger partial charge on any atom is 0.284 e. The molecule has 1 rings (SSSR count). The van der Waals surface area contributed by atoms with Crippen LogP contribution >= 0.6 is 15.9 Å². The molecule has 0 heterocycles. The summed E-state index contributed by atoms with van der Waals surface area (Å²) in [7, 11) is 0. The highest BCUT2D eigenvalue weighted by molar-refractivity contribution is 9.10. The average Bonchev–Trinajstić information content (AvgIpc) is 2.27. The van der Waals surface area contributed by atoms with Crippen LogP contribution in [0.25, 0.3) is 6.08 Å². The van der Waals surface area contributed by atoms with Crippen molar-refractivity contribution in [3.63, 3.8) is 0 Å². The van der Waals surface area contributed by atoms with Gasteiger partial charge in [0.1, 0.15) is 11.6 Å². The summed E-state index contributed by atoms with van der Waals surface area (Å²) in [6.07, 6.45) is 1.20. The van der Waals surface area contributed by atoms with E-state index >= 15 is 0 Å². The Morgan fingerprint density at radius 3 is 2.71 bits per heavy atom. The zero-order valence-electron chi connectivity index (χ0n) is 8.38. The number of nitrogens with two attached hydrogens (primary N) is 1. The van der Waals surface area contributed by atoms with Crippen molar-refractivity contribution >= 4 is 33.6 Å². The van der Waals surface area contributed by atoms with Crippen molar-refractivity contribution in [2.24, 2.45) is 5.73 Å². The number of nitro groups is 1. The number of benzene rings is 1. The Balaban J connectivity index is 3.27. The lowest BCUT2D eigenvalue weighted by molar-refractivity contribution is -0.385. The van der Waals surface area contributed by atoms with Gasteiger partial charge in [0.2, 0.25) is 0 Å². The van der Waals surface area contributed by atoms with Gasteiger partial charge in [-0.25, -0.2) is 0 Å². The highest BCUT2D eigenvalue weighted by Crippen LogP contribution is 2.26.